The van der Waals surface area contributed by atoms with Gasteiger partial charge in [-0.1, -0.05) is 27.2 Å². The number of hydrogen-bond donors (Lipinski definition) is 1. The number of hydrogen-bond acceptors (Lipinski definition) is 2. The predicted molar refractivity (Wildman–Crippen MR) is 72.1 cm³/mol. The first-order valence-electron chi connectivity index (χ1n) is 7.08. The number of amides is 2. The number of carbonyl (C=O) groups excluding carboxylic acids is 2. The Balaban J connectivity index is 2.60. The second-order valence-corrected chi connectivity index (χ2v) is 5.59. The van der Waals surface area contributed by atoms with Crippen LogP contribution in [-0.4, -0.2) is 35.3 Å². The summed E-state index contributed by atoms with van der Waals surface area (Å²) in [6.07, 6.45) is 3.71. The molecule has 0 radical (unpaired) electrons. The van der Waals surface area contributed by atoms with E-state index in [0.29, 0.717) is 12.5 Å². The van der Waals surface area contributed by atoms with Crippen LogP contribution in [-0.2, 0) is 9.59 Å². The minimum atomic E-state index is -0.322. The molecule has 0 bridgehead atoms. The average Bonchev–Trinajstić information content (AvgIpc) is 2.30. The Bertz CT molecular complexity index is 302. The van der Waals surface area contributed by atoms with Crippen LogP contribution in [0.15, 0.2) is 0 Å². The molecule has 1 aliphatic rings. The number of nitrogens with zero attached hydrogens (tertiary/aromatic N) is 1. The summed E-state index contributed by atoms with van der Waals surface area (Å²) in [5.74, 6) is 0.714. The molecule has 0 aromatic rings. The summed E-state index contributed by atoms with van der Waals surface area (Å²) in [6.45, 7) is 8.89. The SMILES string of the molecule is CCCC1NC(=O)C(C)N(CCCC(C)C)C1=O. The van der Waals surface area contributed by atoms with Crippen LogP contribution in [0.3, 0.4) is 0 Å². The highest BCUT2D eigenvalue weighted by Crippen LogP contribution is 2.15. The quantitative estimate of drug-likeness (QED) is 0.787. The first-order valence-corrected chi connectivity index (χ1v) is 7.08. The zero-order valence-electron chi connectivity index (χ0n) is 12.0. The van der Waals surface area contributed by atoms with Gasteiger partial charge >= 0.3 is 0 Å². The van der Waals surface area contributed by atoms with Crippen LogP contribution in [0.1, 0.15) is 53.4 Å². The van der Waals surface area contributed by atoms with Gasteiger partial charge < -0.3 is 10.2 Å². The Kier molecular flexibility index (Phi) is 5.63. The molecule has 2 atom stereocenters. The van der Waals surface area contributed by atoms with Gasteiger partial charge in [-0.05, 0) is 32.1 Å². The Morgan fingerprint density at radius 2 is 2.00 bits per heavy atom. The Labute approximate surface area is 110 Å². The van der Waals surface area contributed by atoms with E-state index in [1.54, 1.807) is 4.90 Å². The van der Waals surface area contributed by atoms with Crippen molar-refractivity contribution in [3.05, 3.63) is 0 Å². The van der Waals surface area contributed by atoms with Gasteiger partial charge in [0.2, 0.25) is 11.8 Å². The maximum absolute atomic E-state index is 12.3. The number of rotatable bonds is 6. The lowest BCUT2D eigenvalue weighted by Gasteiger charge is -2.37. The van der Waals surface area contributed by atoms with Crippen LogP contribution in [0.5, 0.6) is 0 Å². The van der Waals surface area contributed by atoms with E-state index < -0.39 is 0 Å². The summed E-state index contributed by atoms with van der Waals surface area (Å²) in [5, 5.41) is 2.82. The van der Waals surface area contributed by atoms with Gasteiger partial charge in [-0.2, -0.15) is 0 Å². The van der Waals surface area contributed by atoms with Crippen molar-refractivity contribution in [3.63, 3.8) is 0 Å². The summed E-state index contributed by atoms with van der Waals surface area (Å²) in [7, 11) is 0. The molecule has 0 aliphatic carbocycles. The summed E-state index contributed by atoms with van der Waals surface area (Å²) in [6, 6.07) is -0.629. The van der Waals surface area contributed by atoms with E-state index in [0.717, 1.165) is 25.7 Å². The van der Waals surface area contributed by atoms with Crippen LogP contribution in [0.25, 0.3) is 0 Å². The van der Waals surface area contributed by atoms with Gasteiger partial charge in [0.15, 0.2) is 0 Å². The fourth-order valence-electron chi connectivity index (χ4n) is 2.34. The molecular formula is C14H26N2O2. The second kappa shape index (κ2) is 6.76. The number of carbonyl (C=O) groups is 2. The van der Waals surface area contributed by atoms with Crippen molar-refractivity contribution >= 4 is 11.8 Å². The molecule has 1 aliphatic heterocycles. The molecular weight excluding hydrogens is 228 g/mol. The van der Waals surface area contributed by atoms with E-state index in [1.807, 2.05) is 13.8 Å². The topological polar surface area (TPSA) is 49.4 Å². The molecule has 2 amide bonds. The molecule has 18 heavy (non-hydrogen) atoms. The summed E-state index contributed by atoms with van der Waals surface area (Å²) in [5.41, 5.74) is 0. The van der Waals surface area contributed by atoms with Crippen molar-refractivity contribution < 1.29 is 9.59 Å². The second-order valence-electron chi connectivity index (χ2n) is 5.59. The van der Waals surface area contributed by atoms with Crippen molar-refractivity contribution in [1.29, 1.82) is 0 Å². The highest BCUT2D eigenvalue weighted by molar-refractivity contribution is 5.96. The van der Waals surface area contributed by atoms with Crippen LogP contribution in [0, 0.1) is 5.92 Å². The van der Waals surface area contributed by atoms with Crippen LogP contribution < -0.4 is 5.32 Å². The van der Waals surface area contributed by atoms with Crippen LogP contribution in [0.4, 0.5) is 0 Å². The molecule has 2 unspecified atom stereocenters. The third-order valence-electron chi connectivity index (χ3n) is 3.50. The molecule has 1 rings (SSSR count). The van der Waals surface area contributed by atoms with Crippen molar-refractivity contribution in [1.82, 2.24) is 10.2 Å². The molecule has 1 heterocycles. The Morgan fingerprint density at radius 3 is 2.56 bits per heavy atom. The smallest absolute Gasteiger partial charge is 0.245 e. The van der Waals surface area contributed by atoms with Gasteiger partial charge in [0.25, 0.3) is 0 Å². The molecule has 0 aromatic heterocycles. The first kappa shape index (κ1) is 15.0. The minimum Gasteiger partial charge on any atom is -0.343 e. The highest BCUT2D eigenvalue weighted by Gasteiger charge is 2.36. The summed E-state index contributed by atoms with van der Waals surface area (Å²) < 4.78 is 0. The Hall–Kier alpha value is -1.06. The molecule has 4 nitrogen and oxygen atoms in total. The molecule has 4 heteroatoms. The first-order chi connectivity index (χ1) is 8.47. The van der Waals surface area contributed by atoms with E-state index in [-0.39, 0.29) is 23.9 Å². The number of nitrogens with one attached hydrogen (secondary N) is 1. The molecule has 1 saturated heterocycles. The predicted octanol–water partition coefficient (Wildman–Crippen LogP) is 1.94. The van der Waals surface area contributed by atoms with E-state index in [2.05, 4.69) is 19.2 Å². The summed E-state index contributed by atoms with van der Waals surface area (Å²) >= 11 is 0. The van der Waals surface area contributed by atoms with E-state index in [1.165, 1.54) is 0 Å². The zero-order valence-corrected chi connectivity index (χ0v) is 12.0. The van der Waals surface area contributed by atoms with Gasteiger partial charge in [-0.15, -0.1) is 0 Å². The lowest BCUT2D eigenvalue weighted by molar-refractivity contribution is -0.148. The van der Waals surface area contributed by atoms with Gasteiger partial charge in [0, 0.05) is 6.54 Å². The number of piperazine rings is 1. The molecule has 1 N–H and O–H groups in total. The fraction of sp³-hybridized carbons (Fsp3) is 0.857. The summed E-state index contributed by atoms with van der Waals surface area (Å²) in [4.78, 5) is 25.8. The third-order valence-corrected chi connectivity index (χ3v) is 3.50. The lowest BCUT2D eigenvalue weighted by atomic mass is 10.0. The van der Waals surface area contributed by atoms with Gasteiger partial charge in [0.1, 0.15) is 12.1 Å². The van der Waals surface area contributed by atoms with E-state index in [9.17, 15) is 9.59 Å². The molecule has 0 spiro atoms. The van der Waals surface area contributed by atoms with Crippen LogP contribution in [0.2, 0.25) is 0 Å². The van der Waals surface area contributed by atoms with E-state index >= 15 is 0 Å². The van der Waals surface area contributed by atoms with Crippen LogP contribution >= 0.6 is 0 Å². The standard InChI is InChI=1S/C14H26N2O2/c1-5-7-12-14(18)16(9-6-8-10(2)3)11(4)13(17)15-12/h10-12H,5-9H2,1-4H3,(H,15,17). The molecule has 0 saturated carbocycles. The van der Waals surface area contributed by atoms with Crippen molar-refractivity contribution in [3.8, 4) is 0 Å². The Morgan fingerprint density at radius 1 is 1.33 bits per heavy atom. The third kappa shape index (κ3) is 3.72. The van der Waals surface area contributed by atoms with Crippen molar-refractivity contribution in [2.75, 3.05) is 6.54 Å². The minimum absolute atomic E-state index is 0.0161. The molecule has 0 aromatic carbocycles. The average molecular weight is 254 g/mol. The molecule has 104 valence electrons. The highest BCUT2D eigenvalue weighted by atomic mass is 16.2. The normalized spacial score (nSPS) is 24.6. The monoisotopic (exact) mass is 254 g/mol. The lowest BCUT2D eigenvalue weighted by Crippen LogP contribution is -2.62. The van der Waals surface area contributed by atoms with Crippen molar-refractivity contribution in [2.45, 2.75) is 65.5 Å². The van der Waals surface area contributed by atoms with Gasteiger partial charge in [0.05, 0.1) is 0 Å². The van der Waals surface area contributed by atoms with Gasteiger partial charge in [-0.25, -0.2) is 0 Å². The van der Waals surface area contributed by atoms with Crippen molar-refractivity contribution in [2.24, 2.45) is 5.92 Å². The maximum atomic E-state index is 12.3. The largest absolute Gasteiger partial charge is 0.343 e. The molecule has 1 fully saturated rings. The van der Waals surface area contributed by atoms with Gasteiger partial charge in [-0.3, -0.25) is 9.59 Å². The van der Waals surface area contributed by atoms with E-state index in [4.69, 9.17) is 0 Å². The maximum Gasteiger partial charge on any atom is 0.245 e. The fourth-order valence-corrected chi connectivity index (χ4v) is 2.34. The zero-order chi connectivity index (χ0) is 13.7.